The zero-order chi connectivity index (χ0) is 7.40. The van der Waals surface area contributed by atoms with Gasteiger partial charge in [0.05, 0.1) is 0 Å². The standard InChI is InChI=1S/C6H10N4/c1-2-8-6-4-3-5(7)9-10-6/h3-4H,2H2,1H3,(H2,7,9)(H,8,10). The van der Waals surface area contributed by atoms with Crippen LogP contribution in [0.5, 0.6) is 0 Å². The summed E-state index contributed by atoms with van der Waals surface area (Å²) in [7, 11) is 0. The quantitative estimate of drug-likeness (QED) is 0.624. The molecule has 0 amide bonds. The van der Waals surface area contributed by atoms with Gasteiger partial charge in [0.25, 0.3) is 0 Å². The van der Waals surface area contributed by atoms with Crippen LogP contribution in [0.4, 0.5) is 11.6 Å². The lowest BCUT2D eigenvalue weighted by atomic mass is 10.5. The van der Waals surface area contributed by atoms with E-state index in [-0.39, 0.29) is 0 Å². The largest absolute Gasteiger partial charge is 0.382 e. The molecule has 3 N–H and O–H groups in total. The van der Waals surface area contributed by atoms with Gasteiger partial charge in [0.15, 0.2) is 0 Å². The van der Waals surface area contributed by atoms with E-state index in [4.69, 9.17) is 5.73 Å². The second-order valence-corrected chi connectivity index (χ2v) is 1.87. The number of aromatic nitrogens is 2. The van der Waals surface area contributed by atoms with Crippen LogP contribution < -0.4 is 11.1 Å². The summed E-state index contributed by atoms with van der Waals surface area (Å²) in [5.41, 5.74) is 5.32. The van der Waals surface area contributed by atoms with Crippen LogP contribution in [0.1, 0.15) is 6.92 Å². The molecule has 0 saturated heterocycles. The van der Waals surface area contributed by atoms with Crippen LogP contribution in [0, 0.1) is 0 Å². The second kappa shape index (κ2) is 3.00. The van der Waals surface area contributed by atoms with Crippen molar-refractivity contribution in [3.8, 4) is 0 Å². The first-order valence-corrected chi connectivity index (χ1v) is 3.16. The highest BCUT2D eigenvalue weighted by atomic mass is 15.2. The predicted octanol–water partition coefficient (Wildman–Crippen LogP) is 0.491. The highest BCUT2D eigenvalue weighted by Crippen LogP contribution is 2.00. The number of anilines is 2. The molecule has 0 aliphatic rings. The number of nitrogens with one attached hydrogen (secondary N) is 1. The fraction of sp³-hybridized carbons (Fsp3) is 0.333. The topological polar surface area (TPSA) is 63.8 Å². The number of hydrogen-bond acceptors (Lipinski definition) is 4. The van der Waals surface area contributed by atoms with E-state index in [1.807, 2.05) is 6.92 Å². The Morgan fingerprint density at radius 3 is 2.80 bits per heavy atom. The van der Waals surface area contributed by atoms with E-state index in [1.165, 1.54) is 0 Å². The summed E-state index contributed by atoms with van der Waals surface area (Å²) in [6.07, 6.45) is 0. The van der Waals surface area contributed by atoms with Crippen LogP contribution in [0.15, 0.2) is 12.1 Å². The van der Waals surface area contributed by atoms with Gasteiger partial charge in [-0.25, -0.2) is 0 Å². The van der Waals surface area contributed by atoms with Crippen LogP contribution in [0.3, 0.4) is 0 Å². The average molecular weight is 138 g/mol. The first-order valence-electron chi connectivity index (χ1n) is 3.16. The number of hydrogen-bond donors (Lipinski definition) is 2. The van der Waals surface area contributed by atoms with Gasteiger partial charge in [-0.15, -0.1) is 10.2 Å². The Morgan fingerprint density at radius 2 is 2.30 bits per heavy atom. The Kier molecular flexibility index (Phi) is 2.04. The van der Waals surface area contributed by atoms with E-state index >= 15 is 0 Å². The van der Waals surface area contributed by atoms with Gasteiger partial charge < -0.3 is 11.1 Å². The van der Waals surface area contributed by atoms with Crippen molar-refractivity contribution in [3.63, 3.8) is 0 Å². The minimum Gasteiger partial charge on any atom is -0.382 e. The van der Waals surface area contributed by atoms with Gasteiger partial charge in [-0.05, 0) is 19.1 Å². The van der Waals surface area contributed by atoms with Gasteiger partial charge in [0, 0.05) is 6.54 Å². The summed E-state index contributed by atoms with van der Waals surface area (Å²) in [4.78, 5) is 0. The molecule has 0 spiro atoms. The summed E-state index contributed by atoms with van der Waals surface area (Å²) in [6.45, 7) is 2.84. The SMILES string of the molecule is CCNc1ccc(N)nn1. The maximum absolute atomic E-state index is 5.32. The van der Waals surface area contributed by atoms with Crippen molar-refractivity contribution in [2.24, 2.45) is 0 Å². The molecule has 0 aromatic carbocycles. The van der Waals surface area contributed by atoms with Crippen molar-refractivity contribution in [3.05, 3.63) is 12.1 Å². The maximum Gasteiger partial charge on any atom is 0.148 e. The van der Waals surface area contributed by atoms with Crippen LogP contribution in [-0.4, -0.2) is 16.7 Å². The molecule has 10 heavy (non-hydrogen) atoms. The lowest BCUT2D eigenvalue weighted by Crippen LogP contribution is -2.01. The highest BCUT2D eigenvalue weighted by Gasteiger charge is 1.89. The lowest BCUT2D eigenvalue weighted by molar-refractivity contribution is 1.02. The van der Waals surface area contributed by atoms with E-state index in [1.54, 1.807) is 12.1 Å². The third-order valence-corrected chi connectivity index (χ3v) is 1.04. The molecule has 0 saturated carbocycles. The minimum absolute atomic E-state index is 0.446. The van der Waals surface area contributed by atoms with E-state index in [9.17, 15) is 0 Å². The molecule has 0 bridgehead atoms. The molecule has 1 heterocycles. The molecule has 0 fully saturated rings. The Bertz CT molecular complexity index is 193. The average Bonchev–Trinajstić information content (AvgIpc) is 1.95. The van der Waals surface area contributed by atoms with Crippen LogP contribution in [0.2, 0.25) is 0 Å². The molecule has 1 rings (SSSR count). The van der Waals surface area contributed by atoms with Gasteiger partial charge in [0.1, 0.15) is 11.6 Å². The van der Waals surface area contributed by atoms with Gasteiger partial charge in [0.2, 0.25) is 0 Å². The first-order chi connectivity index (χ1) is 4.83. The van der Waals surface area contributed by atoms with E-state index in [0.29, 0.717) is 5.82 Å². The molecule has 1 aromatic rings. The molecule has 54 valence electrons. The minimum atomic E-state index is 0.446. The molecule has 4 nitrogen and oxygen atoms in total. The number of nitrogen functional groups attached to an aromatic ring is 1. The zero-order valence-electron chi connectivity index (χ0n) is 5.83. The van der Waals surface area contributed by atoms with Crippen molar-refractivity contribution < 1.29 is 0 Å². The molecule has 0 atom stereocenters. The van der Waals surface area contributed by atoms with Crippen molar-refractivity contribution in [1.82, 2.24) is 10.2 Å². The monoisotopic (exact) mass is 138 g/mol. The highest BCUT2D eigenvalue weighted by molar-refractivity contribution is 5.37. The maximum atomic E-state index is 5.32. The summed E-state index contributed by atoms with van der Waals surface area (Å²) in [5.74, 6) is 1.21. The molecule has 0 aliphatic carbocycles. The van der Waals surface area contributed by atoms with Gasteiger partial charge >= 0.3 is 0 Å². The summed E-state index contributed by atoms with van der Waals surface area (Å²) >= 11 is 0. The smallest absolute Gasteiger partial charge is 0.148 e. The molecule has 0 radical (unpaired) electrons. The summed E-state index contributed by atoms with van der Waals surface area (Å²) in [5, 5.41) is 10.5. The fourth-order valence-corrected chi connectivity index (χ4v) is 0.618. The van der Waals surface area contributed by atoms with Crippen molar-refractivity contribution in [2.45, 2.75) is 6.92 Å². The van der Waals surface area contributed by atoms with Crippen molar-refractivity contribution in [1.29, 1.82) is 0 Å². The molecule has 0 aliphatic heterocycles. The van der Waals surface area contributed by atoms with E-state index < -0.39 is 0 Å². The number of nitrogens with zero attached hydrogens (tertiary/aromatic N) is 2. The van der Waals surface area contributed by atoms with E-state index in [0.717, 1.165) is 12.4 Å². The van der Waals surface area contributed by atoms with Gasteiger partial charge in [-0.2, -0.15) is 0 Å². The Morgan fingerprint density at radius 1 is 1.50 bits per heavy atom. The van der Waals surface area contributed by atoms with Crippen LogP contribution >= 0.6 is 0 Å². The third-order valence-electron chi connectivity index (χ3n) is 1.04. The molecule has 4 heteroatoms. The Hall–Kier alpha value is -1.32. The summed E-state index contributed by atoms with van der Waals surface area (Å²) in [6, 6.07) is 3.51. The number of rotatable bonds is 2. The first kappa shape index (κ1) is 6.80. The van der Waals surface area contributed by atoms with Crippen molar-refractivity contribution >= 4 is 11.6 Å². The number of nitrogens with two attached hydrogens (primary N) is 1. The Balaban J connectivity index is 2.69. The molecular formula is C6H10N4. The summed E-state index contributed by atoms with van der Waals surface area (Å²) < 4.78 is 0. The third kappa shape index (κ3) is 1.58. The fourth-order valence-electron chi connectivity index (χ4n) is 0.618. The Labute approximate surface area is 59.5 Å². The molecule has 0 unspecified atom stereocenters. The van der Waals surface area contributed by atoms with E-state index in [2.05, 4.69) is 15.5 Å². The predicted molar refractivity (Wildman–Crippen MR) is 40.6 cm³/mol. The molecular weight excluding hydrogens is 128 g/mol. The molecule has 1 aromatic heterocycles. The van der Waals surface area contributed by atoms with Gasteiger partial charge in [-0.1, -0.05) is 0 Å². The normalized spacial score (nSPS) is 9.30. The van der Waals surface area contributed by atoms with Gasteiger partial charge in [-0.3, -0.25) is 0 Å². The van der Waals surface area contributed by atoms with Crippen LogP contribution in [-0.2, 0) is 0 Å². The zero-order valence-corrected chi connectivity index (χ0v) is 5.83. The lowest BCUT2D eigenvalue weighted by Gasteiger charge is -1.98. The second-order valence-electron chi connectivity index (χ2n) is 1.87. The van der Waals surface area contributed by atoms with Crippen LogP contribution in [0.25, 0.3) is 0 Å². The van der Waals surface area contributed by atoms with Crippen molar-refractivity contribution in [2.75, 3.05) is 17.6 Å².